The minimum atomic E-state index is -1.00. The predicted molar refractivity (Wildman–Crippen MR) is 73.6 cm³/mol. The molecule has 0 aliphatic heterocycles. The number of aromatic carboxylic acids is 1. The fraction of sp³-hybridized carbons (Fsp3) is 0. The molecule has 0 aliphatic carbocycles. The van der Waals surface area contributed by atoms with Gasteiger partial charge in [-0.1, -0.05) is 17.7 Å². The van der Waals surface area contributed by atoms with Gasteiger partial charge in [0.15, 0.2) is 0 Å². The van der Waals surface area contributed by atoms with Crippen molar-refractivity contribution >= 4 is 45.0 Å². The number of hydrogen-bond donors (Lipinski definition) is 2. The number of halogens is 2. The van der Waals surface area contributed by atoms with Gasteiger partial charge in [0, 0.05) is 6.20 Å². The van der Waals surface area contributed by atoms with Crippen molar-refractivity contribution in [3.63, 3.8) is 0 Å². The number of nitrogens with one attached hydrogen (secondary N) is 1. The van der Waals surface area contributed by atoms with E-state index in [1.807, 2.05) is 6.07 Å². The van der Waals surface area contributed by atoms with Crippen LogP contribution in [0.5, 0.6) is 0 Å². The molecule has 0 amide bonds. The number of nitrogens with zero attached hydrogens (tertiary/aromatic N) is 1. The number of aromatic nitrogens is 1. The van der Waals surface area contributed by atoms with Gasteiger partial charge in [0.2, 0.25) is 0 Å². The predicted octanol–water partition coefficient (Wildman–Crippen LogP) is 3.94. The number of benzene rings is 1. The number of rotatable bonds is 3. The molecule has 0 atom stereocenters. The Hall–Kier alpha value is -1.59. The maximum atomic E-state index is 10.7. The van der Waals surface area contributed by atoms with E-state index in [0.717, 1.165) is 10.2 Å². The Bertz CT molecular complexity index is 587. The summed E-state index contributed by atoms with van der Waals surface area (Å²) < 4.78 is 0.732. The molecule has 2 N–H and O–H groups in total. The molecule has 2 aromatic rings. The summed E-state index contributed by atoms with van der Waals surface area (Å²) in [6, 6.07) is 8.48. The van der Waals surface area contributed by atoms with Gasteiger partial charge in [-0.25, -0.2) is 9.78 Å². The summed E-state index contributed by atoms with van der Waals surface area (Å²) in [6.45, 7) is 0. The molecule has 0 saturated carbocycles. The summed E-state index contributed by atoms with van der Waals surface area (Å²) in [6.07, 6.45) is 1.29. The van der Waals surface area contributed by atoms with E-state index in [1.54, 1.807) is 18.2 Å². The molecule has 92 valence electrons. The quantitative estimate of drug-likeness (QED) is 0.896. The molecule has 0 fully saturated rings. The van der Waals surface area contributed by atoms with Crippen LogP contribution in [0.3, 0.4) is 0 Å². The smallest absolute Gasteiger partial charge is 0.337 e. The summed E-state index contributed by atoms with van der Waals surface area (Å²) in [5.41, 5.74) is 0.906. The second-order valence-corrected chi connectivity index (χ2v) is 4.66. The van der Waals surface area contributed by atoms with Crippen molar-refractivity contribution in [3.8, 4) is 0 Å². The molecule has 1 heterocycles. The topological polar surface area (TPSA) is 62.2 Å². The molecule has 0 spiro atoms. The number of anilines is 2. The maximum Gasteiger partial charge on any atom is 0.337 e. The van der Waals surface area contributed by atoms with E-state index in [9.17, 15) is 4.79 Å². The van der Waals surface area contributed by atoms with E-state index < -0.39 is 5.97 Å². The number of hydrogen-bond acceptors (Lipinski definition) is 3. The second-order valence-electron chi connectivity index (χ2n) is 3.46. The lowest BCUT2D eigenvalue weighted by molar-refractivity contribution is 0.0696. The Morgan fingerprint density at radius 2 is 2.11 bits per heavy atom. The Balaban J connectivity index is 2.24. The minimum absolute atomic E-state index is 0.144. The molecule has 0 unspecified atom stereocenters. The van der Waals surface area contributed by atoms with Gasteiger partial charge in [0.05, 0.1) is 20.7 Å². The number of carboxylic acid groups (broad SMARTS) is 1. The zero-order chi connectivity index (χ0) is 13.1. The van der Waals surface area contributed by atoms with Gasteiger partial charge in [0.25, 0.3) is 0 Å². The summed E-state index contributed by atoms with van der Waals surface area (Å²) in [4.78, 5) is 14.7. The lowest BCUT2D eigenvalue weighted by Gasteiger charge is -2.08. The fourth-order valence-electron chi connectivity index (χ4n) is 1.33. The first kappa shape index (κ1) is 12.9. The van der Waals surface area contributed by atoms with Crippen molar-refractivity contribution in [2.75, 3.05) is 5.32 Å². The highest BCUT2D eigenvalue weighted by atomic mass is 79.9. The van der Waals surface area contributed by atoms with Crippen molar-refractivity contribution in [2.45, 2.75) is 0 Å². The fourth-order valence-corrected chi connectivity index (χ4v) is 1.87. The van der Waals surface area contributed by atoms with Gasteiger partial charge < -0.3 is 10.4 Å². The van der Waals surface area contributed by atoms with Crippen LogP contribution in [0, 0.1) is 0 Å². The summed E-state index contributed by atoms with van der Waals surface area (Å²) in [5.74, 6) is -0.457. The van der Waals surface area contributed by atoms with E-state index in [4.69, 9.17) is 16.7 Å². The highest BCUT2D eigenvalue weighted by molar-refractivity contribution is 9.10. The normalized spacial score (nSPS) is 10.1. The zero-order valence-corrected chi connectivity index (χ0v) is 11.4. The molecule has 4 nitrogen and oxygen atoms in total. The van der Waals surface area contributed by atoms with Gasteiger partial charge in [-0.15, -0.1) is 0 Å². The maximum absolute atomic E-state index is 10.7. The van der Waals surface area contributed by atoms with Crippen LogP contribution in [0.25, 0.3) is 0 Å². The average molecular weight is 328 g/mol. The molecule has 2 rings (SSSR count). The molecule has 0 radical (unpaired) electrons. The van der Waals surface area contributed by atoms with Crippen LogP contribution in [0.1, 0.15) is 10.4 Å². The van der Waals surface area contributed by atoms with Crippen LogP contribution in [-0.2, 0) is 0 Å². The molecule has 1 aromatic carbocycles. The third-order valence-corrected chi connectivity index (χ3v) is 3.62. The van der Waals surface area contributed by atoms with E-state index in [2.05, 4.69) is 26.2 Å². The standard InChI is InChI=1S/C12H8BrClN2O2/c13-11-8(14)2-1-3-9(11)16-10-5-4-7(6-15-10)12(17)18/h1-6H,(H,15,16)(H,17,18). The average Bonchev–Trinajstić information content (AvgIpc) is 2.36. The Morgan fingerprint density at radius 1 is 1.33 bits per heavy atom. The number of pyridine rings is 1. The van der Waals surface area contributed by atoms with E-state index >= 15 is 0 Å². The van der Waals surface area contributed by atoms with Gasteiger partial charge >= 0.3 is 5.97 Å². The zero-order valence-electron chi connectivity index (χ0n) is 9.02. The summed E-state index contributed by atoms with van der Waals surface area (Å²) in [7, 11) is 0. The van der Waals surface area contributed by atoms with Crippen molar-refractivity contribution in [1.29, 1.82) is 0 Å². The summed E-state index contributed by atoms with van der Waals surface area (Å²) >= 11 is 9.32. The van der Waals surface area contributed by atoms with Gasteiger partial charge in [-0.2, -0.15) is 0 Å². The number of carboxylic acids is 1. The van der Waals surface area contributed by atoms with E-state index in [0.29, 0.717) is 10.8 Å². The highest BCUT2D eigenvalue weighted by Gasteiger charge is 2.06. The third kappa shape index (κ3) is 2.80. The monoisotopic (exact) mass is 326 g/mol. The first-order chi connectivity index (χ1) is 8.58. The molecular formula is C12H8BrClN2O2. The lowest BCUT2D eigenvalue weighted by Crippen LogP contribution is -1.99. The Kier molecular flexibility index (Phi) is 3.84. The molecule has 0 saturated heterocycles. The molecule has 0 bridgehead atoms. The Morgan fingerprint density at radius 3 is 2.72 bits per heavy atom. The van der Waals surface area contributed by atoms with Gasteiger partial charge in [-0.3, -0.25) is 0 Å². The minimum Gasteiger partial charge on any atom is -0.478 e. The van der Waals surface area contributed by atoms with Gasteiger partial charge in [-0.05, 0) is 40.2 Å². The van der Waals surface area contributed by atoms with Crippen molar-refractivity contribution in [2.24, 2.45) is 0 Å². The third-order valence-electron chi connectivity index (χ3n) is 2.22. The van der Waals surface area contributed by atoms with E-state index in [1.165, 1.54) is 12.3 Å². The molecule has 6 heteroatoms. The van der Waals surface area contributed by atoms with Gasteiger partial charge in [0.1, 0.15) is 5.82 Å². The number of carbonyl (C=O) groups is 1. The first-order valence-corrected chi connectivity index (χ1v) is 6.15. The molecule has 1 aromatic heterocycles. The lowest BCUT2D eigenvalue weighted by atomic mass is 10.3. The Labute approximate surface area is 117 Å². The van der Waals surface area contributed by atoms with Crippen LogP contribution in [0.15, 0.2) is 41.0 Å². The van der Waals surface area contributed by atoms with Crippen LogP contribution in [-0.4, -0.2) is 16.1 Å². The highest BCUT2D eigenvalue weighted by Crippen LogP contribution is 2.31. The largest absolute Gasteiger partial charge is 0.478 e. The first-order valence-electron chi connectivity index (χ1n) is 4.98. The van der Waals surface area contributed by atoms with Crippen LogP contribution in [0.4, 0.5) is 11.5 Å². The van der Waals surface area contributed by atoms with Crippen molar-refractivity contribution in [1.82, 2.24) is 4.98 Å². The van der Waals surface area contributed by atoms with Crippen LogP contribution >= 0.6 is 27.5 Å². The molecule has 0 aliphatic rings. The van der Waals surface area contributed by atoms with Crippen molar-refractivity contribution < 1.29 is 9.90 Å². The molecule has 18 heavy (non-hydrogen) atoms. The van der Waals surface area contributed by atoms with Crippen molar-refractivity contribution in [3.05, 3.63) is 51.6 Å². The SMILES string of the molecule is O=C(O)c1ccc(Nc2cccc(Cl)c2Br)nc1. The second kappa shape index (κ2) is 5.37. The van der Waals surface area contributed by atoms with Crippen LogP contribution in [0.2, 0.25) is 5.02 Å². The molecular weight excluding hydrogens is 320 g/mol. The van der Waals surface area contributed by atoms with Crippen LogP contribution < -0.4 is 5.32 Å². The van der Waals surface area contributed by atoms with E-state index in [-0.39, 0.29) is 5.56 Å². The summed E-state index contributed by atoms with van der Waals surface area (Å²) in [5, 5.41) is 12.4.